The first kappa shape index (κ1) is 21.9. The molecule has 1 atom stereocenters. The van der Waals surface area contributed by atoms with Crippen molar-refractivity contribution in [2.75, 3.05) is 24.9 Å². The molecule has 2 N–H and O–H groups in total. The molecular formula is C25H22N2O6. The molecule has 0 bridgehead atoms. The number of anilines is 2. The van der Waals surface area contributed by atoms with Crippen LogP contribution in [0.4, 0.5) is 11.4 Å². The van der Waals surface area contributed by atoms with Crippen LogP contribution in [0.1, 0.15) is 26.3 Å². The lowest BCUT2D eigenvalue weighted by atomic mass is 9.98. The van der Waals surface area contributed by atoms with Gasteiger partial charge in [-0.25, -0.2) is 4.79 Å². The van der Waals surface area contributed by atoms with Crippen LogP contribution < -0.4 is 20.1 Å². The van der Waals surface area contributed by atoms with Crippen molar-refractivity contribution in [3.8, 4) is 11.5 Å². The molecule has 8 heteroatoms. The van der Waals surface area contributed by atoms with Gasteiger partial charge in [0.1, 0.15) is 11.5 Å². The van der Waals surface area contributed by atoms with E-state index in [0.717, 1.165) is 5.56 Å². The van der Waals surface area contributed by atoms with Crippen LogP contribution in [0.25, 0.3) is 0 Å². The summed E-state index contributed by atoms with van der Waals surface area (Å²) in [7, 11) is 3.02. The Kier molecular flexibility index (Phi) is 6.26. The second-order valence-electron chi connectivity index (χ2n) is 7.31. The van der Waals surface area contributed by atoms with E-state index in [1.807, 2.05) is 0 Å². The second-order valence-corrected chi connectivity index (χ2v) is 7.31. The van der Waals surface area contributed by atoms with Gasteiger partial charge >= 0.3 is 5.97 Å². The van der Waals surface area contributed by atoms with Crippen LogP contribution in [0.2, 0.25) is 0 Å². The van der Waals surface area contributed by atoms with Crippen molar-refractivity contribution in [2.45, 2.75) is 12.5 Å². The first-order valence-corrected chi connectivity index (χ1v) is 10.2. The van der Waals surface area contributed by atoms with Gasteiger partial charge in [-0.05, 0) is 35.9 Å². The van der Waals surface area contributed by atoms with Crippen LogP contribution in [0.5, 0.6) is 11.5 Å². The molecule has 1 aliphatic rings. The zero-order valence-corrected chi connectivity index (χ0v) is 18.1. The molecule has 0 saturated heterocycles. The fourth-order valence-corrected chi connectivity index (χ4v) is 3.57. The minimum atomic E-state index is -0.995. The number of nitrogens with one attached hydrogen (secondary N) is 2. The number of methoxy groups -OCH3 is 2. The Balaban J connectivity index is 1.52. The summed E-state index contributed by atoms with van der Waals surface area (Å²) >= 11 is 0. The highest BCUT2D eigenvalue weighted by Gasteiger charge is 2.31. The Morgan fingerprint density at radius 2 is 1.67 bits per heavy atom. The normalized spacial score (nSPS) is 14.5. The van der Waals surface area contributed by atoms with E-state index in [2.05, 4.69) is 10.6 Å². The molecule has 0 fully saturated rings. The number of ether oxygens (including phenoxy) is 3. The molecule has 0 unspecified atom stereocenters. The number of fused-ring (bicyclic) bond motifs is 1. The number of esters is 1. The van der Waals surface area contributed by atoms with Crippen molar-refractivity contribution in [1.29, 1.82) is 0 Å². The summed E-state index contributed by atoms with van der Waals surface area (Å²) in [6, 6.07) is 18.6. The number of hydrogen-bond donors (Lipinski definition) is 2. The maximum absolute atomic E-state index is 13.0. The van der Waals surface area contributed by atoms with Crippen molar-refractivity contribution in [1.82, 2.24) is 0 Å². The largest absolute Gasteiger partial charge is 0.497 e. The molecule has 3 aromatic carbocycles. The van der Waals surface area contributed by atoms with Gasteiger partial charge < -0.3 is 24.8 Å². The number of rotatable bonds is 6. The van der Waals surface area contributed by atoms with Crippen LogP contribution >= 0.6 is 0 Å². The summed E-state index contributed by atoms with van der Waals surface area (Å²) in [6.07, 6.45) is -0.740. The third-order valence-corrected chi connectivity index (χ3v) is 5.27. The third-order valence-electron chi connectivity index (χ3n) is 5.27. The number of amides is 2. The zero-order chi connectivity index (χ0) is 23.4. The summed E-state index contributed by atoms with van der Waals surface area (Å²) in [4.78, 5) is 38.1. The number of carbonyl (C=O) groups is 3. The maximum Gasteiger partial charge on any atom is 0.339 e. The molecule has 1 heterocycles. The molecule has 2 amide bonds. The number of para-hydroxylation sites is 1. The predicted octanol–water partition coefficient (Wildman–Crippen LogP) is 3.68. The van der Waals surface area contributed by atoms with Gasteiger partial charge in [-0.15, -0.1) is 0 Å². The zero-order valence-electron chi connectivity index (χ0n) is 18.1. The highest BCUT2D eigenvalue weighted by molar-refractivity contribution is 6.11. The van der Waals surface area contributed by atoms with Crippen molar-refractivity contribution >= 4 is 29.2 Å². The monoisotopic (exact) mass is 446 g/mol. The fourth-order valence-electron chi connectivity index (χ4n) is 3.57. The van der Waals surface area contributed by atoms with E-state index in [1.165, 1.54) is 14.2 Å². The van der Waals surface area contributed by atoms with Gasteiger partial charge in [-0.1, -0.05) is 30.3 Å². The first-order valence-electron chi connectivity index (χ1n) is 10.2. The van der Waals surface area contributed by atoms with Gasteiger partial charge in [-0.3, -0.25) is 9.59 Å². The topological polar surface area (TPSA) is 103 Å². The number of carbonyl (C=O) groups excluding carboxylic acids is 3. The molecule has 0 saturated carbocycles. The number of cyclic esters (lactones) is 1. The SMILES string of the molecule is COc1ccc(NC(=O)c2ccccc2NC(=O)[C@@H]2Cc3ccccc3C(=O)O2)c(OC)c1. The fraction of sp³-hybridized carbons (Fsp3) is 0.160. The van der Waals surface area contributed by atoms with Gasteiger partial charge in [-0.2, -0.15) is 0 Å². The average Bonchev–Trinajstić information content (AvgIpc) is 2.84. The summed E-state index contributed by atoms with van der Waals surface area (Å²) < 4.78 is 15.8. The molecule has 0 radical (unpaired) electrons. The molecule has 0 aromatic heterocycles. The molecule has 1 aliphatic heterocycles. The Morgan fingerprint density at radius 3 is 2.45 bits per heavy atom. The number of benzene rings is 3. The summed E-state index contributed by atoms with van der Waals surface area (Å²) in [6.45, 7) is 0. The Bertz CT molecular complexity index is 1220. The first-order chi connectivity index (χ1) is 16.0. The quantitative estimate of drug-likeness (QED) is 0.560. The standard InChI is InChI=1S/C25H22N2O6/c1-31-16-11-12-20(21(14-16)32-2)27-23(28)18-9-5-6-10-19(18)26-24(29)22-13-15-7-3-4-8-17(15)25(30)33-22/h3-12,14,22H,13H2,1-2H3,(H,26,29)(H,27,28)/t22-/m0/s1. The average molecular weight is 446 g/mol. The van der Waals surface area contributed by atoms with E-state index in [0.29, 0.717) is 28.4 Å². The summed E-state index contributed by atoms with van der Waals surface area (Å²) in [5.74, 6) is -0.492. The van der Waals surface area contributed by atoms with Crippen molar-refractivity contribution in [3.05, 3.63) is 83.4 Å². The van der Waals surface area contributed by atoms with Crippen LogP contribution in [-0.4, -0.2) is 38.1 Å². The van der Waals surface area contributed by atoms with Crippen LogP contribution in [0.15, 0.2) is 66.7 Å². The van der Waals surface area contributed by atoms with Crippen LogP contribution in [0.3, 0.4) is 0 Å². The second kappa shape index (κ2) is 9.44. The van der Waals surface area contributed by atoms with Gasteiger partial charge in [0.25, 0.3) is 11.8 Å². The lowest BCUT2D eigenvalue weighted by Crippen LogP contribution is -2.38. The molecule has 168 valence electrons. The Morgan fingerprint density at radius 1 is 0.909 bits per heavy atom. The van der Waals surface area contributed by atoms with Crippen LogP contribution in [-0.2, 0) is 16.0 Å². The van der Waals surface area contributed by atoms with Gasteiger partial charge in [0.05, 0.1) is 36.7 Å². The minimum absolute atomic E-state index is 0.242. The molecular weight excluding hydrogens is 424 g/mol. The Labute approximate surface area is 190 Å². The van der Waals surface area contributed by atoms with Gasteiger partial charge in [0, 0.05) is 12.5 Å². The van der Waals surface area contributed by atoms with Gasteiger partial charge in [0.15, 0.2) is 6.10 Å². The van der Waals surface area contributed by atoms with E-state index < -0.39 is 23.9 Å². The molecule has 0 spiro atoms. The van der Waals surface area contributed by atoms with Crippen molar-refractivity contribution in [3.63, 3.8) is 0 Å². The van der Waals surface area contributed by atoms with Crippen molar-refractivity contribution in [2.24, 2.45) is 0 Å². The molecule has 3 aromatic rings. The van der Waals surface area contributed by atoms with Crippen LogP contribution in [0, 0.1) is 0 Å². The molecule has 4 rings (SSSR count). The molecule has 8 nitrogen and oxygen atoms in total. The van der Waals surface area contributed by atoms with E-state index in [9.17, 15) is 14.4 Å². The lowest BCUT2D eigenvalue weighted by Gasteiger charge is -2.24. The smallest absolute Gasteiger partial charge is 0.339 e. The Hall–Kier alpha value is -4.33. The highest BCUT2D eigenvalue weighted by Crippen LogP contribution is 2.30. The third kappa shape index (κ3) is 4.64. The van der Waals surface area contributed by atoms with Gasteiger partial charge in [0.2, 0.25) is 0 Å². The van der Waals surface area contributed by atoms with E-state index >= 15 is 0 Å². The lowest BCUT2D eigenvalue weighted by molar-refractivity contribution is -0.125. The molecule has 0 aliphatic carbocycles. The summed E-state index contributed by atoms with van der Waals surface area (Å²) in [5, 5.41) is 5.50. The maximum atomic E-state index is 13.0. The minimum Gasteiger partial charge on any atom is -0.497 e. The molecule has 33 heavy (non-hydrogen) atoms. The highest BCUT2D eigenvalue weighted by atomic mass is 16.5. The summed E-state index contributed by atoms with van der Waals surface area (Å²) in [5.41, 5.74) is 2.18. The van der Waals surface area contributed by atoms with E-state index in [4.69, 9.17) is 14.2 Å². The van der Waals surface area contributed by atoms with Crippen molar-refractivity contribution < 1.29 is 28.6 Å². The predicted molar refractivity (Wildman–Crippen MR) is 122 cm³/mol. The number of hydrogen-bond acceptors (Lipinski definition) is 6. The van der Waals surface area contributed by atoms with E-state index in [1.54, 1.807) is 66.7 Å². The van der Waals surface area contributed by atoms with E-state index in [-0.39, 0.29) is 12.0 Å².